The van der Waals surface area contributed by atoms with E-state index >= 15 is 8.78 Å². The molecule has 0 spiro atoms. The minimum Gasteiger partial charge on any atom is -0.383 e. The van der Waals surface area contributed by atoms with Crippen LogP contribution in [0.15, 0.2) is 60.7 Å². The van der Waals surface area contributed by atoms with Crippen molar-refractivity contribution in [3.63, 3.8) is 0 Å². The van der Waals surface area contributed by atoms with Crippen LogP contribution in [0.3, 0.4) is 0 Å². The van der Waals surface area contributed by atoms with Gasteiger partial charge in [-0.1, -0.05) is 66.8 Å². The number of quaternary nitrogens is 1. The number of hydrogen-bond donors (Lipinski definition) is 3. The quantitative estimate of drug-likeness (QED) is 0.0476. The molecule has 2 fully saturated rings. The Balaban J connectivity index is 1.67. The summed E-state index contributed by atoms with van der Waals surface area (Å²) in [7, 11) is -3.90. The monoisotopic (exact) mass is 913 g/mol. The number of ketones is 1. The normalized spacial score (nSPS) is 20.1. The second-order valence-electron chi connectivity index (χ2n) is 18.7. The number of hydrogen-bond acceptors (Lipinski definition) is 12. The van der Waals surface area contributed by atoms with E-state index in [1.807, 2.05) is 6.92 Å². The Morgan fingerprint density at radius 3 is 2.03 bits per heavy atom. The molecule has 0 aromatic heterocycles. The van der Waals surface area contributed by atoms with Gasteiger partial charge in [0.05, 0.1) is 35.5 Å². The molecule has 5 N–H and O–H groups in total. The first kappa shape index (κ1) is 51.5. The SMILES string of the molecule is CCCC[C@H](N)C(=O)[N+]12CCCC1(NC(CCC(N)=O)C(=O)N(Cc1ccccc1)C(=O)C=C(C)c1ccc(C(F)(F)[P+](=O)C(OC(=O)C(C)(C)C)OC(=O)C(C)(C)C)cc1)C(=O)C2. The number of ether oxygens (including phenoxy) is 2. The van der Waals surface area contributed by atoms with Crippen LogP contribution in [0.2, 0.25) is 0 Å². The minimum atomic E-state index is -4.17. The molecule has 2 saturated heterocycles. The number of imide groups is 1. The number of esters is 2. The van der Waals surface area contributed by atoms with Crippen molar-refractivity contribution in [2.24, 2.45) is 22.3 Å². The van der Waals surface area contributed by atoms with Crippen molar-refractivity contribution in [3.8, 4) is 0 Å². The highest BCUT2D eigenvalue weighted by Crippen LogP contribution is 2.54. The van der Waals surface area contributed by atoms with Crippen LogP contribution >= 0.6 is 7.80 Å². The van der Waals surface area contributed by atoms with Gasteiger partial charge in [0.25, 0.3) is 11.7 Å². The van der Waals surface area contributed by atoms with Gasteiger partial charge < -0.3 is 20.9 Å². The van der Waals surface area contributed by atoms with E-state index in [9.17, 15) is 38.1 Å². The van der Waals surface area contributed by atoms with Crippen LogP contribution in [-0.2, 0) is 59.8 Å². The minimum absolute atomic E-state index is 0.103. The number of alkyl halides is 2. The van der Waals surface area contributed by atoms with Crippen molar-refractivity contribution >= 4 is 54.7 Å². The fraction of sp³-hybridized carbons (Fsp3) is 0.543. The molecule has 2 heterocycles. The second kappa shape index (κ2) is 20.4. The van der Waals surface area contributed by atoms with Gasteiger partial charge in [0.15, 0.2) is 6.54 Å². The zero-order chi connectivity index (χ0) is 48.0. The lowest BCUT2D eigenvalue weighted by molar-refractivity contribution is -0.906. The van der Waals surface area contributed by atoms with Crippen molar-refractivity contribution in [2.75, 3.05) is 13.1 Å². The third kappa shape index (κ3) is 11.4. The van der Waals surface area contributed by atoms with E-state index in [-0.39, 0.29) is 59.7 Å². The van der Waals surface area contributed by atoms with Crippen LogP contribution in [0.4, 0.5) is 8.78 Å². The first-order chi connectivity index (χ1) is 29.7. The predicted molar refractivity (Wildman–Crippen MR) is 233 cm³/mol. The molecule has 0 saturated carbocycles. The summed E-state index contributed by atoms with van der Waals surface area (Å²) in [5.41, 5.74) is 4.10. The third-order valence-electron chi connectivity index (χ3n) is 11.5. The number of Topliss-reactive ketones (excluding diaryl/α,β-unsaturated/α-hetero) is 1. The number of primary amides is 1. The van der Waals surface area contributed by atoms with Crippen LogP contribution in [0.25, 0.3) is 5.57 Å². The van der Waals surface area contributed by atoms with E-state index in [0.29, 0.717) is 31.4 Å². The number of benzene rings is 2. The number of allylic oxidation sites excluding steroid dienone is 1. The number of nitrogens with zero attached hydrogens (tertiary/aromatic N) is 2. The Kier molecular flexibility index (Phi) is 16.4. The Labute approximate surface area is 374 Å². The fourth-order valence-corrected chi connectivity index (χ4v) is 8.70. The van der Waals surface area contributed by atoms with Crippen LogP contribution in [0.1, 0.15) is 117 Å². The number of carbonyl (C=O) groups is 7. The van der Waals surface area contributed by atoms with Gasteiger partial charge in [-0.2, -0.15) is 8.78 Å². The zero-order valence-corrected chi connectivity index (χ0v) is 38.8. The number of amides is 4. The van der Waals surface area contributed by atoms with Gasteiger partial charge in [0, 0.05) is 25.3 Å². The molecule has 2 aromatic rings. The lowest BCUT2D eigenvalue weighted by Gasteiger charge is -2.54. The van der Waals surface area contributed by atoms with Crippen LogP contribution in [0, 0.1) is 10.8 Å². The van der Waals surface area contributed by atoms with Gasteiger partial charge in [-0.05, 0) is 90.1 Å². The molecule has 2 aliphatic heterocycles. The van der Waals surface area contributed by atoms with Crippen molar-refractivity contribution < 1.29 is 60.9 Å². The fourth-order valence-electron chi connectivity index (χ4n) is 7.65. The Bertz CT molecular complexity index is 2130. The maximum atomic E-state index is 15.9. The van der Waals surface area contributed by atoms with Gasteiger partial charge in [-0.25, -0.2) is 14.6 Å². The van der Waals surface area contributed by atoms with Crippen LogP contribution in [0.5, 0.6) is 0 Å². The number of halogens is 2. The smallest absolute Gasteiger partial charge is 0.383 e. The molecule has 4 unspecified atom stereocenters. The molecule has 0 bridgehead atoms. The number of nitrogens with two attached hydrogens (primary N) is 2. The molecule has 15 nitrogen and oxygen atoms in total. The standard InChI is InChI=1S/C46H61F2N5O10P/c1-9-10-17-33(49)39(58)53-25-14-24-45(53,35(54)28-53)51-34(22-23-36(50)55)38(57)52(27-30-15-12-11-13-16-30)37(56)26-29(2)31-18-20-32(21-19-31)46(47,48)64(61)42(62-40(59)43(3,4)5)63-41(60)44(6,7)8/h11-13,15-16,18-21,26,33-34,42,51H,9-10,14,17,22-25,27-28,49H2,1-8H3,(H-,50,55)/q+1/p+1/t33-,34?,45?,53?/m0/s1. The van der Waals surface area contributed by atoms with Crippen molar-refractivity contribution in [2.45, 2.75) is 136 Å². The van der Waals surface area contributed by atoms with Gasteiger partial charge >= 0.3 is 37.3 Å². The highest BCUT2D eigenvalue weighted by Gasteiger charge is 2.74. The first-order valence-electron chi connectivity index (χ1n) is 21.4. The molecule has 64 heavy (non-hydrogen) atoms. The molecule has 0 aliphatic carbocycles. The van der Waals surface area contributed by atoms with Crippen molar-refractivity contribution in [1.82, 2.24) is 10.2 Å². The highest BCUT2D eigenvalue weighted by atomic mass is 31.1. The number of unbranched alkanes of at least 4 members (excludes halogenated alkanes) is 1. The molecule has 4 amide bonds. The maximum Gasteiger partial charge on any atom is 0.510 e. The lowest BCUT2D eigenvalue weighted by Crippen LogP contribution is -2.87. The van der Waals surface area contributed by atoms with E-state index in [1.165, 1.54) is 60.6 Å². The average Bonchev–Trinajstić information content (AvgIpc) is 3.53. The maximum absolute atomic E-state index is 15.9. The summed E-state index contributed by atoms with van der Waals surface area (Å²) in [6.45, 7) is 12.2. The summed E-state index contributed by atoms with van der Waals surface area (Å²) < 4.78 is 55.2. The van der Waals surface area contributed by atoms with Crippen molar-refractivity contribution in [3.05, 3.63) is 77.4 Å². The molecular weight excluding hydrogens is 852 g/mol. The third-order valence-corrected chi connectivity index (χ3v) is 12.9. The topological polar surface area (TPSA) is 222 Å². The molecule has 4 rings (SSSR count). The van der Waals surface area contributed by atoms with E-state index in [0.717, 1.165) is 29.5 Å². The molecule has 18 heteroatoms. The molecule has 2 aromatic carbocycles. The summed E-state index contributed by atoms with van der Waals surface area (Å²) in [5, 5.41) is 3.17. The van der Waals surface area contributed by atoms with Gasteiger partial charge in [0.1, 0.15) is 6.04 Å². The summed E-state index contributed by atoms with van der Waals surface area (Å²) in [5.74, 6) is -5.00. The van der Waals surface area contributed by atoms with E-state index in [4.69, 9.17) is 20.9 Å². The summed E-state index contributed by atoms with van der Waals surface area (Å²) in [4.78, 5) is 95.0. The van der Waals surface area contributed by atoms with E-state index in [2.05, 4.69) is 5.32 Å². The predicted octanol–water partition coefficient (Wildman–Crippen LogP) is 6.14. The first-order valence-corrected chi connectivity index (χ1v) is 22.8. The number of nitrogens with one attached hydrogen (secondary N) is 1. The Hall–Kier alpha value is -5.09. The number of rotatable bonds is 19. The van der Waals surface area contributed by atoms with Crippen LogP contribution < -0.4 is 16.8 Å². The molecular formula is C46H62F2N5O10P+2. The number of carbonyl (C=O) groups excluding carboxylic acids is 7. The largest absolute Gasteiger partial charge is 0.510 e. The van der Waals surface area contributed by atoms with Crippen molar-refractivity contribution in [1.29, 1.82) is 0 Å². The second-order valence-corrected chi connectivity index (χ2v) is 20.3. The lowest BCUT2D eigenvalue weighted by atomic mass is 9.85. The average molecular weight is 914 g/mol. The summed E-state index contributed by atoms with van der Waals surface area (Å²) in [6.07, 6.45) is 3.27. The molecule has 348 valence electrons. The molecule has 5 atom stereocenters. The highest BCUT2D eigenvalue weighted by molar-refractivity contribution is 7.46. The summed E-state index contributed by atoms with van der Waals surface area (Å²) in [6, 6.07) is 8.40. The van der Waals surface area contributed by atoms with Gasteiger partial charge in [0.2, 0.25) is 17.5 Å². The van der Waals surface area contributed by atoms with E-state index in [1.54, 1.807) is 30.3 Å². The Morgan fingerprint density at radius 2 is 1.52 bits per heavy atom. The zero-order valence-electron chi connectivity index (χ0n) is 37.9. The summed E-state index contributed by atoms with van der Waals surface area (Å²) >= 11 is 0. The Morgan fingerprint density at radius 1 is 0.938 bits per heavy atom. The van der Waals surface area contributed by atoms with Gasteiger partial charge in [-0.15, -0.1) is 0 Å². The molecule has 0 radical (unpaired) electrons. The van der Waals surface area contributed by atoms with E-state index < -0.39 is 83.3 Å². The molecule has 2 aliphatic rings. The number of fused-ring (bicyclic) bond motifs is 1. The van der Waals surface area contributed by atoms with Gasteiger partial charge in [-0.3, -0.25) is 33.7 Å². The van der Waals surface area contributed by atoms with Crippen LogP contribution in [-0.4, -0.2) is 87.6 Å².